The summed E-state index contributed by atoms with van der Waals surface area (Å²) in [7, 11) is 0. The smallest absolute Gasteiger partial charge is 0.308 e. The Balaban J connectivity index is 1.41. The number of thioether (sulfide) groups is 1. The first-order valence-corrected chi connectivity index (χ1v) is 16.5. The SMILES string of the molecule is CCN(CC)c1ccc([C@H]2c3sc(=O)n(CC(=O)Nc4cccc(C)c4)c3SC3C(=O)N(c4ccc(Cl)cc4)C(=O)C32)cc1. The van der Waals surface area contributed by atoms with Gasteiger partial charge in [-0.15, -0.1) is 0 Å². The molecule has 1 fully saturated rings. The number of aromatic nitrogens is 1. The van der Waals surface area contributed by atoms with Gasteiger partial charge in [0.15, 0.2) is 0 Å². The molecule has 8 nitrogen and oxygen atoms in total. The van der Waals surface area contributed by atoms with E-state index < -0.39 is 17.1 Å². The molecule has 1 saturated heterocycles. The van der Waals surface area contributed by atoms with Gasteiger partial charge in [0.2, 0.25) is 17.7 Å². The maximum atomic E-state index is 14.1. The minimum Gasteiger partial charge on any atom is -0.372 e. The topological polar surface area (TPSA) is 91.7 Å². The molecule has 1 N–H and O–H groups in total. The number of carbonyl (C=O) groups excluding carboxylic acids is 3. The fourth-order valence-corrected chi connectivity index (χ4v) is 8.91. The standard InChI is InChI=1S/C33H31ClN4O4S2/c1-4-36(5-2)23-13-9-20(10-14-23)26-27-28(31(41)38(30(27)40)24-15-11-21(34)12-16-24)43-32-29(26)44-33(42)37(32)18-25(39)35-22-8-6-7-19(3)17-22/h6-17,26-28H,4-5,18H2,1-3H3,(H,35,39)/t26-,27?,28?/m1/s1. The Morgan fingerprint density at radius 3 is 2.32 bits per heavy atom. The van der Waals surface area contributed by atoms with Crippen LogP contribution in [-0.4, -0.2) is 40.6 Å². The van der Waals surface area contributed by atoms with Gasteiger partial charge < -0.3 is 10.2 Å². The summed E-state index contributed by atoms with van der Waals surface area (Å²) in [6, 6.07) is 22.1. The number of nitrogens with zero attached hydrogens (tertiary/aromatic N) is 3. The van der Waals surface area contributed by atoms with E-state index in [0.717, 1.165) is 41.2 Å². The van der Waals surface area contributed by atoms with Gasteiger partial charge in [-0.3, -0.25) is 23.7 Å². The van der Waals surface area contributed by atoms with E-state index in [1.165, 1.54) is 21.2 Å². The van der Waals surface area contributed by atoms with Crippen molar-refractivity contribution in [2.24, 2.45) is 5.92 Å². The Hall–Kier alpha value is -3.86. The van der Waals surface area contributed by atoms with Crippen molar-refractivity contribution in [1.82, 2.24) is 4.57 Å². The average Bonchev–Trinajstić information content (AvgIpc) is 3.45. The molecular formula is C33H31ClN4O4S2. The average molecular weight is 647 g/mol. The minimum atomic E-state index is -0.766. The Morgan fingerprint density at radius 2 is 1.66 bits per heavy atom. The maximum absolute atomic E-state index is 14.1. The highest BCUT2D eigenvalue weighted by Crippen LogP contribution is 2.54. The first kappa shape index (κ1) is 30.2. The number of anilines is 3. The third-order valence-electron chi connectivity index (χ3n) is 8.12. The van der Waals surface area contributed by atoms with Gasteiger partial charge in [0, 0.05) is 40.3 Å². The number of fused-ring (bicyclic) bond motifs is 2. The van der Waals surface area contributed by atoms with Crippen LogP contribution >= 0.6 is 34.7 Å². The lowest BCUT2D eigenvalue weighted by molar-refractivity contribution is -0.122. The fraction of sp³-hybridized carbons (Fsp3) is 0.273. The Morgan fingerprint density at radius 1 is 0.955 bits per heavy atom. The van der Waals surface area contributed by atoms with Gasteiger partial charge in [-0.25, -0.2) is 4.90 Å². The lowest BCUT2D eigenvalue weighted by atomic mass is 9.83. The number of imide groups is 1. The molecular weight excluding hydrogens is 616 g/mol. The highest BCUT2D eigenvalue weighted by atomic mass is 35.5. The molecule has 6 rings (SSSR count). The molecule has 2 aliphatic rings. The lowest BCUT2D eigenvalue weighted by Gasteiger charge is -2.31. The van der Waals surface area contributed by atoms with Gasteiger partial charge in [0.05, 0.1) is 16.6 Å². The zero-order valence-corrected chi connectivity index (χ0v) is 26.8. The van der Waals surface area contributed by atoms with Crippen LogP contribution in [0.5, 0.6) is 0 Å². The number of benzene rings is 3. The number of amides is 3. The van der Waals surface area contributed by atoms with E-state index >= 15 is 0 Å². The van der Waals surface area contributed by atoms with Gasteiger partial charge in [0.25, 0.3) is 0 Å². The van der Waals surface area contributed by atoms with Crippen LogP contribution in [0.4, 0.5) is 17.1 Å². The van der Waals surface area contributed by atoms with Crippen molar-refractivity contribution in [1.29, 1.82) is 0 Å². The minimum absolute atomic E-state index is 0.209. The second-order valence-corrected chi connectivity index (χ2v) is 13.4. The summed E-state index contributed by atoms with van der Waals surface area (Å²) in [5.74, 6) is -2.27. The number of halogens is 1. The number of aryl methyl sites for hydroxylation is 1. The third kappa shape index (κ3) is 5.46. The van der Waals surface area contributed by atoms with Crippen molar-refractivity contribution in [2.45, 2.75) is 43.5 Å². The van der Waals surface area contributed by atoms with Crippen LogP contribution in [0.2, 0.25) is 5.02 Å². The van der Waals surface area contributed by atoms with Crippen molar-refractivity contribution < 1.29 is 14.4 Å². The van der Waals surface area contributed by atoms with E-state index in [-0.39, 0.29) is 29.1 Å². The molecule has 4 aromatic rings. The summed E-state index contributed by atoms with van der Waals surface area (Å²) in [5.41, 5.74) is 3.98. The summed E-state index contributed by atoms with van der Waals surface area (Å²) in [4.78, 5) is 58.5. The highest BCUT2D eigenvalue weighted by molar-refractivity contribution is 8.00. The summed E-state index contributed by atoms with van der Waals surface area (Å²) in [6.07, 6.45) is 0. The molecule has 226 valence electrons. The van der Waals surface area contributed by atoms with Gasteiger partial charge in [0.1, 0.15) is 11.8 Å². The van der Waals surface area contributed by atoms with E-state index in [2.05, 4.69) is 24.1 Å². The molecule has 2 aliphatic heterocycles. The van der Waals surface area contributed by atoms with Crippen LogP contribution in [0.3, 0.4) is 0 Å². The summed E-state index contributed by atoms with van der Waals surface area (Å²) < 4.78 is 1.44. The number of thiazole rings is 1. The lowest BCUT2D eigenvalue weighted by Crippen LogP contribution is -2.33. The van der Waals surface area contributed by atoms with Crippen LogP contribution in [0, 0.1) is 12.8 Å². The third-order valence-corrected chi connectivity index (χ3v) is 11.0. The molecule has 2 unspecified atom stereocenters. The first-order valence-electron chi connectivity index (χ1n) is 14.4. The fourth-order valence-electron chi connectivity index (χ4n) is 6.01. The highest BCUT2D eigenvalue weighted by Gasteiger charge is 2.56. The number of hydrogen-bond donors (Lipinski definition) is 1. The number of hydrogen-bond acceptors (Lipinski definition) is 7. The van der Waals surface area contributed by atoms with Gasteiger partial charge in [-0.2, -0.15) is 0 Å². The second kappa shape index (κ2) is 12.3. The monoisotopic (exact) mass is 646 g/mol. The summed E-state index contributed by atoms with van der Waals surface area (Å²) in [5, 5.41) is 3.16. The van der Waals surface area contributed by atoms with Gasteiger partial charge in [-0.05, 0) is 80.4 Å². The molecule has 44 heavy (non-hydrogen) atoms. The van der Waals surface area contributed by atoms with Crippen LogP contribution < -0.4 is 20.0 Å². The van der Waals surface area contributed by atoms with Crippen molar-refractivity contribution in [3.63, 3.8) is 0 Å². The van der Waals surface area contributed by atoms with E-state index in [9.17, 15) is 19.2 Å². The van der Waals surface area contributed by atoms with Crippen molar-refractivity contribution in [3.05, 3.63) is 103 Å². The van der Waals surface area contributed by atoms with Crippen molar-refractivity contribution in [2.75, 3.05) is 28.2 Å². The van der Waals surface area contributed by atoms with Crippen molar-refractivity contribution >= 4 is 69.5 Å². The maximum Gasteiger partial charge on any atom is 0.308 e. The normalized spacial score (nSPS) is 19.1. The molecule has 3 heterocycles. The van der Waals surface area contributed by atoms with E-state index in [0.29, 0.717) is 26.3 Å². The number of carbonyl (C=O) groups is 3. The zero-order chi connectivity index (χ0) is 31.1. The van der Waals surface area contributed by atoms with Crippen LogP contribution in [0.1, 0.15) is 35.8 Å². The summed E-state index contributed by atoms with van der Waals surface area (Å²) >= 11 is 8.33. The van der Waals surface area contributed by atoms with E-state index in [1.54, 1.807) is 30.3 Å². The quantitative estimate of drug-likeness (QED) is 0.231. The molecule has 3 atom stereocenters. The van der Waals surface area contributed by atoms with Gasteiger partial charge >= 0.3 is 4.87 Å². The first-order chi connectivity index (χ1) is 21.2. The van der Waals surface area contributed by atoms with E-state index in [4.69, 9.17) is 11.6 Å². The predicted molar refractivity (Wildman–Crippen MR) is 177 cm³/mol. The van der Waals surface area contributed by atoms with Gasteiger partial charge in [-0.1, -0.05) is 59.0 Å². The molecule has 0 aliphatic carbocycles. The Bertz CT molecular complexity index is 1800. The number of rotatable bonds is 8. The van der Waals surface area contributed by atoms with Crippen LogP contribution in [-0.2, 0) is 20.9 Å². The number of nitrogens with one attached hydrogen (secondary N) is 1. The molecule has 3 amide bonds. The molecule has 0 radical (unpaired) electrons. The van der Waals surface area contributed by atoms with Crippen LogP contribution in [0.15, 0.2) is 82.6 Å². The molecule has 0 bridgehead atoms. The largest absolute Gasteiger partial charge is 0.372 e. The van der Waals surface area contributed by atoms with E-state index in [1.807, 2.05) is 49.4 Å². The predicted octanol–water partition coefficient (Wildman–Crippen LogP) is 6.15. The molecule has 11 heteroatoms. The van der Waals surface area contributed by atoms with Crippen LogP contribution in [0.25, 0.3) is 0 Å². The zero-order valence-electron chi connectivity index (χ0n) is 24.5. The van der Waals surface area contributed by atoms with Crippen molar-refractivity contribution in [3.8, 4) is 0 Å². The molecule has 0 saturated carbocycles. The molecule has 3 aromatic carbocycles. The summed E-state index contributed by atoms with van der Waals surface area (Å²) in [6.45, 7) is 7.61. The second-order valence-electron chi connectivity index (χ2n) is 10.8. The molecule has 0 spiro atoms. The Kier molecular flexibility index (Phi) is 8.41. The molecule has 1 aromatic heterocycles. The Labute approximate surface area is 268 Å².